The smallest absolute Gasteiger partial charge is 0.407 e. The fraction of sp³-hybridized carbons (Fsp3) is 0.259. The zero-order valence-corrected chi connectivity index (χ0v) is 19.4. The second-order valence-electron chi connectivity index (χ2n) is 8.84. The topological polar surface area (TPSA) is 67.4 Å². The number of rotatable bonds is 6. The minimum absolute atomic E-state index is 0.0845. The highest BCUT2D eigenvalue weighted by atomic mass is 19.1. The number of carbonyl (C=O) groups excluding carboxylic acids is 2. The Labute approximate surface area is 194 Å². The van der Waals surface area contributed by atoms with Crippen LogP contribution in [-0.4, -0.2) is 17.6 Å². The lowest BCUT2D eigenvalue weighted by Gasteiger charge is -2.20. The third-order valence-electron chi connectivity index (χ3n) is 4.95. The van der Waals surface area contributed by atoms with Crippen LogP contribution in [0.3, 0.4) is 0 Å². The van der Waals surface area contributed by atoms with Gasteiger partial charge in [-0.2, -0.15) is 0 Å². The van der Waals surface area contributed by atoms with Crippen LogP contribution >= 0.6 is 0 Å². The van der Waals surface area contributed by atoms with Crippen LogP contribution in [0.2, 0.25) is 0 Å². The molecule has 5 nitrogen and oxygen atoms in total. The van der Waals surface area contributed by atoms with Gasteiger partial charge in [0.05, 0.1) is 0 Å². The van der Waals surface area contributed by atoms with Crippen molar-refractivity contribution in [1.29, 1.82) is 0 Å². The minimum atomic E-state index is -0.592. The van der Waals surface area contributed by atoms with Crippen LogP contribution in [0.25, 0.3) is 11.1 Å². The van der Waals surface area contributed by atoms with Gasteiger partial charge in [0.2, 0.25) is 0 Å². The first-order valence-corrected chi connectivity index (χ1v) is 10.8. The first-order chi connectivity index (χ1) is 15.6. The van der Waals surface area contributed by atoms with Crippen LogP contribution in [-0.2, 0) is 17.8 Å². The van der Waals surface area contributed by atoms with Crippen molar-refractivity contribution in [2.45, 2.75) is 46.4 Å². The molecule has 0 heterocycles. The highest BCUT2D eigenvalue weighted by molar-refractivity contribution is 6.01. The molecule has 0 aromatic heterocycles. The van der Waals surface area contributed by atoms with Gasteiger partial charge in [-0.3, -0.25) is 4.79 Å². The zero-order valence-electron chi connectivity index (χ0n) is 19.4. The van der Waals surface area contributed by atoms with E-state index in [1.807, 2.05) is 49.4 Å². The summed E-state index contributed by atoms with van der Waals surface area (Å²) in [6.07, 6.45) is -0.511. The van der Waals surface area contributed by atoms with E-state index in [0.717, 1.165) is 22.3 Å². The predicted molar refractivity (Wildman–Crippen MR) is 127 cm³/mol. The summed E-state index contributed by atoms with van der Waals surface area (Å²) in [5, 5.41) is 5.58. The van der Waals surface area contributed by atoms with Gasteiger partial charge in [0.25, 0.3) is 5.91 Å². The van der Waals surface area contributed by atoms with Gasteiger partial charge in [0, 0.05) is 24.2 Å². The van der Waals surface area contributed by atoms with E-state index in [-0.39, 0.29) is 24.8 Å². The Balaban J connectivity index is 1.80. The summed E-state index contributed by atoms with van der Waals surface area (Å²) in [4.78, 5) is 25.1. The Hall–Kier alpha value is -3.67. The van der Waals surface area contributed by atoms with Crippen LogP contribution in [0.1, 0.15) is 47.8 Å². The summed E-state index contributed by atoms with van der Waals surface area (Å²) in [6, 6.07) is 19.7. The molecule has 0 fully saturated rings. The van der Waals surface area contributed by atoms with Crippen molar-refractivity contribution in [3.63, 3.8) is 0 Å². The molecule has 172 valence electrons. The molecule has 0 unspecified atom stereocenters. The largest absolute Gasteiger partial charge is 0.444 e. The number of halogens is 1. The molecule has 3 aromatic rings. The molecule has 0 aliphatic heterocycles. The number of hydrogen-bond acceptors (Lipinski definition) is 3. The Morgan fingerprint density at radius 2 is 1.48 bits per heavy atom. The van der Waals surface area contributed by atoms with Crippen LogP contribution < -0.4 is 10.6 Å². The highest BCUT2D eigenvalue weighted by Crippen LogP contribution is 2.27. The molecular formula is C27H29FN2O3. The van der Waals surface area contributed by atoms with Gasteiger partial charge >= 0.3 is 6.09 Å². The lowest BCUT2D eigenvalue weighted by Crippen LogP contribution is -2.32. The average molecular weight is 449 g/mol. The fourth-order valence-corrected chi connectivity index (χ4v) is 3.40. The van der Waals surface area contributed by atoms with Crippen molar-refractivity contribution in [2.75, 3.05) is 0 Å². The number of amides is 2. The molecule has 0 atom stereocenters. The average Bonchev–Trinajstić information content (AvgIpc) is 2.76. The summed E-state index contributed by atoms with van der Waals surface area (Å²) >= 11 is 0. The van der Waals surface area contributed by atoms with E-state index < -0.39 is 11.7 Å². The summed E-state index contributed by atoms with van der Waals surface area (Å²) in [6.45, 7) is 7.56. The Kier molecular flexibility index (Phi) is 7.48. The highest BCUT2D eigenvalue weighted by Gasteiger charge is 2.18. The number of hydrogen-bond donors (Lipinski definition) is 2. The predicted octanol–water partition coefficient (Wildman–Crippen LogP) is 5.76. The molecule has 2 N–H and O–H groups in total. The number of benzene rings is 3. The Bertz CT molecular complexity index is 1150. The van der Waals surface area contributed by atoms with E-state index in [4.69, 9.17) is 4.74 Å². The third-order valence-corrected chi connectivity index (χ3v) is 4.95. The van der Waals surface area contributed by atoms with Gasteiger partial charge in [0.1, 0.15) is 11.4 Å². The maximum absolute atomic E-state index is 14.2. The van der Waals surface area contributed by atoms with Crippen molar-refractivity contribution in [3.05, 3.63) is 94.8 Å². The summed E-state index contributed by atoms with van der Waals surface area (Å²) in [7, 11) is 0. The van der Waals surface area contributed by atoms with Gasteiger partial charge in [-0.25, -0.2) is 9.18 Å². The molecular weight excluding hydrogens is 419 g/mol. The van der Waals surface area contributed by atoms with Crippen molar-refractivity contribution in [2.24, 2.45) is 0 Å². The molecule has 0 bridgehead atoms. The van der Waals surface area contributed by atoms with Gasteiger partial charge in [-0.15, -0.1) is 0 Å². The molecule has 6 heteroatoms. The monoisotopic (exact) mass is 448 g/mol. The van der Waals surface area contributed by atoms with E-state index in [1.165, 1.54) is 6.07 Å². The van der Waals surface area contributed by atoms with Crippen molar-refractivity contribution < 1.29 is 18.7 Å². The standard InChI is InChI=1S/C27H29FN2O3/c1-18-13-14-20(24(28)15-18)17-29-25(31)23-12-8-7-11-22(23)21-10-6-5-9-19(21)16-30-26(32)33-27(2,3)4/h5-15H,16-17H2,1-4H3,(H,29,31)(H,30,32). The molecule has 0 aliphatic rings. The summed E-state index contributed by atoms with van der Waals surface area (Å²) < 4.78 is 19.5. The molecule has 0 saturated heterocycles. The molecule has 0 radical (unpaired) electrons. The van der Waals surface area contributed by atoms with Crippen LogP contribution in [0.15, 0.2) is 66.7 Å². The number of ether oxygens (including phenoxy) is 1. The maximum Gasteiger partial charge on any atom is 0.407 e. The quantitative estimate of drug-likeness (QED) is 0.504. The van der Waals surface area contributed by atoms with Crippen LogP contribution in [0.5, 0.6) is 0 Å². The number of alkyl carbamates (subject to hydrolysis) is 1. The SMILES string of the molecule is Cc1ccc(CNC(=O)c2ccccc2-c2ccccc2CNC(=O)OC(C)(C)C)c(F)c1. The maximum atomic E-state index is 14.2. The molecule has 33 heavy (non-hydrogen) atoms. The summed E-state index contributed by atoms with van der Waals surface area (Å²) in [5.41, 5.74) is 3.51. The normalized spacial score (nSPS) is 11.1. The second kappa shape index (κ2) is 10.3. The van der Waals surface area contributed by atoms with E-state index in [9.17, 15) is 14.0 Å². The van der Waals surface area contributed by atoms with E-state index in [0.29, 0.717) is 11.1 Å². The molecule has 2 amide bonds. The molecule has 3 aromatic carbocycles. The number of carbonyl (C=O) groups is 2. The lowest BCUT2D eigenvalue weighted by atomic mass is 9.95. The Morgan fingerprint density at radius 1 is 0.848 bits per heavy atom. The number of nitrogens with one attached hydrogen (secondary N) is 2. The van der Waals surface area contributed by atoms with E-state index >= 15 is 0 Å². The van der Waals surface area contributed by atoms with Gasteiger partial charge in [-0.05, 0) is 62.1 Å². The fourth-order valence-electron chi connectivity index (χ4n) is 3.40. The minimum Gasteiger partial charge on any atom is -0.444 e. The van der Waals surface area contributed by atoms with Gasteiger partial charge in [0.15, 0.2) is 0 Å². The third kappa shape index (κ3) is 6.65. The molecule has 0 saturated carbocycles. The Morgan fingerprint density at radius 3 is 2.18 bits per heavy atom. The molecule has 0 aliphatic carbocycles. The first-order valence-electron chi connectivity index (χ1n) is 10.8. The van der Waals surface area contributed by atoms with E-state index in [1.54, 1.807) is 39.0 Å². The second-order valence-corrected chi connectivity index (χ2v) is 8.84. The van der Waals surface area contributed by atoms with Crippen molar-refractivity contribution in [3.8, 4) is 11.1 Å². The van der Waals surface area contributed by atoms with Gasteiger partial charge < -0.3 is 15.4 Å². The van der Waals surface area contributed by atoms with Crippen LogP contribution in [0, 0.1) is 12.7 Å². The van der Waals surface area contributed by atoms with Crippen LogP contribution in [0.4, 0.5) is 9.18 Å². The van der Waals surface area contributed by atoms with Crippen molar-refractivity contribution in [1.82, 2.24) is 10.6 Å². The zero-order chi connectivity index (χ0) is 24.0. The van der Waals surface area contributed by atoms with E-state index in [2.05, 4.69) is 10.6 Å². The van der Waals surface area contributed by atoms with Crippen molar-refractivity contribution >= 4 is 12.0 Å². The molecule has 3 rings (SSSR count). The molecule has 0 spiro atoms. The number of aryl methyl sites for hydroxylation is 1. The first kappa shape index (κ1) is 24.0. The summed E-state index contributed by atoms with van der Waals surface area (Å²) in [5.74, 6) is -0.650. The van der Waals surface area contributed by atoms with Gasteiger partial charge in [-0.1, -0.05) is 54.6 Å². The lowest BCUT2D eigenvalue weighted by molar-refractivity contribution is 0.0523.